The van der Waals surface area contributed by atoms with Gasteiger partial charge in [-0.05, 0) is 19.4 Å². The molecule has 106 valence electrons. The third-order valence-corrected chi connectivity index (χ3v) is 3.88. The number of methoxy groups -OCH3 is 1. The summed E-state index contributed by atoms with van der Waals surface area (Å²) in [6, 6.07) is 0.495. The molecule has 2 fully saturated rings. The maximum atomic E-state index is 10.2. The highest BCUT2D eigenvalue weighted by atomic mass is 16.5. The molecule has 0 saturated carbocycles. The molecule has 1 N–H and O–H groups in total. The summed E-state index contributed by atoms with van der Waals surface area (Å²) in [5, 5.41) is 10.2. The molecule has 2 aliphatic rings. The molecule has 2 unspecified atom stereocenters. The number of hydrogen-bond donors (Lipinski definition) is 1. The van der Waals surface area contributed by atoms with Crippen molar-refractivity contribution in [3.05, 3.63) is 0 Å². The summed E-state index contributed by atoms with van der Waals surface area (Å²) in [6.07, 6.45) is 2.15. The quantitative estimate of drug-likeness (QED) is 0.714. The molecule has 2 rings (SSSR count). The number of ether oxygens (including phenoxy) is 2. The first-order valence-corrected chi connectivity index (χ1v) is 7.00. The molecule has 2 heterocycles. The number of hydrogen-bond acceptors (Lipinski definition) is 5. The zero-order chi connectivity index (χ0) is 12.8. The minimum absolute atomic E-state index is 0.263. The predicted molar refractivity (Wildman–Crippen MR) is 69.7 cm³/mol. The van der Waals surface area contributed by atoms with Crippen molar-refractivity contribution in [2.75, 3.05) is 59.7 Å². The molecule has 5 heteroatoms. The molecule has 0 amide bonds. The second-order valence-corrected chi connectivity index (χ2v) is 5.31. The summed E-state index contributed by atoms with van der Waals surface area (Å²) in [5.41, 5.74) is 0. The normalized spacial score (nSPS) is 28.7. The Kier molecular flexibility index (Phi) is 5.85. The fourth-order valence-electron chi connectivity index (χ4n) is 2.93. The monoisotopic (exact) mass is 258 g/mol. The number of nitrogens with zero attached hydrogens (tertiary/aromatic N) is 2. The molecule has 5 nitrogen and oxygen atoms in total. The van der Waals surface area contributed by atoms with Crippen LogP contribution in [0.25, 0.3) is 0 Å². The van der Waals surface area contributed by atoms with E-state index in [1.165, 1.54) is 12.8 Å². The number of β-amino-alcohol motifs (C(OH)–C–C–N with tert-alkyl or cyclic N) is 1. The second-order valence-electron chi connectivity index (χ2n) is 5.31. The molecule has 2 saturated heterocycles. The van der Waals surface area contributed by atoms with Crippen molar-refractivity contribution < 1.29 is 14.6 Å². The van der Waals surface area contributed by atoms with Gasteiger partial charge >= 0.3 is 0 Å². The van der Waals surface area contributed by atoms with Gasteiger partial charge in [0.25, 0.3) is 0 Å². The third-order valence-electron chi connectivity index (χ3n) is 3.88. The summed E-state index contributed by atoms with van der Waals surface area (Å²) in [5.74, 6) is 0. The Morgan fingerprint density at radius 2 is 2.06 bits per heavy atom. The van der Waals surface area contributed by atoms with E-state index < -0.39 is 0 Å². The Hall–Kier alpha value is -0.200. The third kappa shape index (κ3) is 4.17. The predicted octanol–water partition coefficient (Wildman–Crippen LogP) is -0.210. The summed E-state index contributed by atoms with van der Waals surface area (Å²) < 4.78 is 10.6. The molecule has 0 aromatic carbocycles. The van der Waals surface area contributed by atoms with Crippen molar-refractivity contribution in [3.63, 3.8) is 0 Å². The van der Waals surface area contributed by atoms with Crippen LogP contribution in [-0.4, -0.2) is 86.7 Å². The van der Waals surface area contributed by atoms with Crippen LogP contribution < -0.4 is 0 Å². The first kappa shape index (κ1) is 14.2. The van der Waals surface area contributed by atoms with Crippen LogP contribution in [0.4, 0.5) is 0 Å². The number of likely N-dealkylation sites (tertiary alicyclic amines) is 1. The van der Waals surface area contributed by atoms with Crippen molar-refractivity contribution in [2.45, 2.75) is 25.0 Å². The van der Waals surface area contributed by atoms with E-state index in [0.717, 1.165) is 52.5 Å². The summed E-state index contributed by atoms with van der Waals surface area (Å²) in [7, 11) is 1.75. The van der Waals surface area contributed by atoms with Gasteiger partial charge in [-0.2, -0.15) is 0 Å². The molecule has 0 radical (unpaired) electrons. The molecule has 0 bridgehead atoms. The van der Waals surface area contributed by atoms with Gasteiger partial charge < -0.3 is 14.6 Å². The second kappa shape index (κ2) is 7.40. The standard InChI is InChI=1S/C13H26N2O3/c1-17-11-12-3-2-4-15(12)10-13(16)9-14-5-7-18-8-6-14/h12-13,16H,2-11H2,1H3. The lowest BCUT2D eigenvalue weighted by Crippen LogP contribution is -2.46. The largest absolute Gasteiger partial charge is 0.390 e. The molecule has 0 aliphatic carbocycles. The summed E-state index contributed by atoms with van der Waals surface area (Å²) in [6.45, 7) is 6.88. The van der Waals surface area contributed by atoms with Crippen LogP contribution in [0.15, 0.2) is 0 Å². The number of rotatable bonds is 6. The van der Waals surface area contributed by atoms with E-state index in [9.17, 15) is 5.11 Å². The van der Waals surface area contributed by atoms with Gasteiger partial charge in [-0.25, -0.2) is 0 Å². The molecular weight excluding hydrogens is 232 g/mol. The van der Waals surface area contributed by atoms with Crippen molar-refractivity contribution in [3.8, 4) is 0 Å². The Morgan fingerprint density at radius 3 is 2.78 bits per heavy atom. The van der Waals surface area contributed by atoms with E-state index in [4.69, 9.17) is 9.47 Å². The van der Waals surface area contributed by atoms with Crippen LogP contribution in [0.3, 0.4) is 0 Å². The lowest BCUT2D eigenvalue weighted by molar-refractivity contribution is 0.00272. The minimum atomic E-state index is -0.263. The van der Waals surface area contributed by atoms with Gasteiger partial charge in [0.2, 0.25) is 0 Å². The van der Waals surface area contributed by atoms with Crippen LogP contribution in [0, 0.1) is 0 Å². The van der Waals surface area contributed by atoms with Gasteiger partial charge in [0, 0.05) is 39.3 Å². The van der Waals surface area contributed by atoms with Crippen molar-refractivity contribution in [1.29, 1.82) is 0 Å². The van der Waals surface area contributed by atoms with Gasteiger partial charge in [0.1, 0.15) is 0 Å². The van der Waals surface area contributed by atoms with Crippen LogP contribution in [0.2, 0.25) is 0 Å². The van der Waals surface area contributed by atoms with Crippen LogP contribution in [0.5, 0.6) is 0 Å². The zero-order valence-corrected chi connectivity index (χ0v) is 11.4. The molecule has 0 spiro atoms. The molecule has 18 heavy (non-hydrogen) atoms. The molecule has 0 aromatic rings. The smallest absolute Gasteiger partial charge is 0.0793 e. The van der Waals surface area contributed by atoms with Crippen LogP contribution in [-0.2, 0) is 9.47 Å². The molecule has 0 aromatic heterocycles. The number of aliphatic hydroxyl groups excluding tert-OH is 1. The first-order chi connectivity index (χ1) is 8.79. The Morgan fingerprint density at radius 1 is 1.28 bits per heavy atom. The Labute approximate surface area is 110 Å². The minimum Gasteiger partial charge on any atom is -0.390 e. The van der Waals surface area contributed by atoms with Crippen LogP contribution >= 0.6 is 0 Å². The average molecular weight is 258 g/mol. The van der Waals surface area contributed by atoms with Gasteiger partial charge in [-0.3, -0.25) is 9.80 Å². The topological polar surface area (TPSA) is 45.2 Å². The van der Waals surface area contributed by atoms with Gasteiger partial charge in [0.15, 0.2) is 0 Å². The van der Waals surface area contributed by atoms with E-state index in [2.05, 4.69) is 9.80 Å². The van der Waals surface area contributed by atoms with E-state index in [-0.39, 0.29) is 6.10 Å². The number of morpholine rings is 1. The highest BCUT2D eigenvalue weighted by molar-refractivity contribution is 4.81. The van der Waals surface area contributed by atoms with Crippen molar-refractivity contribution in [1.82, 2.24) is 9.80 Å². The summed E-state index contributed by atoms with van der Waals surface area (Å²) in [4.78, 5) is 4.66. The highest BCUT2D eigenvalue weighted by Crippen LogP contribution is 2.17. The highest BCUT2D eigenvalue weighted by Gasteiger charge is 2.26. The molecule has 2 aliphatic heterocycles. The average Bonchev–Trinajstić information content (AvgIpc) is 2.78. The van der Waals surface area contributed by atoms with Gasteiger partial charge in [-0.15, -0.1) is 0 Å². The summed E-state index contributed by atoms with van der Waals surface area (Å²) >= 11 is 0. The van der Waals surface area contributed by atoms with Crippen molar-refractivity contribution in [2.24, 2.45) is 0 Å². The van der Waals surface area contributed by atoms with Gasteiger partial charge in [-0.1, -0.05) is 0 Å². The lowest BCUT2D eigenvalue weighted by atomic mass is 10.2. The lowest BCUT2D eigenvalue weighted by Gasteiger charge is -2.31. The Bertz CT molecular complexity index is 234. The fraction of sp³-hybridized carbons (Fsp3) is 1.00. The van der Waals surface area contributed by atoms with E-state index in [1.807, 2.05) is 0 Å². The SMILES string of the molecule is COCC1CCCN1CC(O)CN1CCOCC1. The number of aliphatic hydroxyl groups is 1. The van der Waals surface area contributed by atoms with Crippen molar-refractivity contribution >= 4 is 0 Å². The van der Waals surface area contributed by atoms with Gasteiger partial charge in [0.05, 0.1) is 25.9 Å². The maximum absolute atomic E-state index is 10.2. The first-order valence-electron chi connectivity index (χ1n) is 7.00. The Balaban J connectivity index is 1.70. The van der Waals surface area contributed by atoms with Crippen LogP contribution in [0.1, 0.15) is 12.8 Å². The molecular formula is C13H26N2O3. The zero-order valence-electron chi connectivity index (χ0n) is 11.4. The van der Waals surface area contributed by atoms with E-state index in [1.54, 1.807) is 7.11 Å². The molecule has 2 atom stereocenters. The van der Waals surface area contributed by atoms with E-state index in [0.29, 0.717) is 6.04 Å². The van der Waals surface area contributed by atoms with E-state index >= 15 is 0 Å². The fourth-order valence-corrected chi connectivity index (χ4v) is 2.93. The maximum Gasteiger partial charge on any atom is 0.0793 e.